The molecule has 0 aromatic carbocycles. The summed E-state index contributed by atoms with van der Waals surface area (Å²) in [6.45, 7) is 13.7. The van der Waals surface area contributed by atoms with E-state index < -0.39 is 33.8 Å². The molecule has 1 unspecified atom stereocenters. The van der Waals surface area contributed by atoms with Crippen LogP contribution >= 0.6 is 0 Å². The first kappa shape index (κ1) is 33.3. The zero-order valence-electron chi connectivity index (χ0n) is 20.8. The van der Waals surface area contributed by atoms with Crippen LogP contribution in [0.15, 0.2) is 71.4 Å². The average Bonchev–Trinajstić information content (AvgIpc) is 2.69. The van der Waals surface area contributed by atoms with E-state index in [1.54, 1.807) is 19.1 Å². The van der Waals surface area contributed by atoms with Gasteiger partial charge in [0.2, 0.25) is 5.91 Å². The number of hydrogen-bond acceptors (Lipinski definition) is 5. The van der Waals surface area contributed by atoms with Gasteiger partial charge in [-0.15, -0.1) is 0 Å². The van der Waals surface area contributed by atoms with Crippen molar-refractivity contribution in [3.05, 3.63) is 71.4 Å². The Morgan fingerprint density at radius 1 is 1.23 bits per heavy atom. The minimum atomic E-state index is -4.51. The number of nitrogens with one attached hydrogen (secondary N) is 1. The fraction of sp³-hybridized carbons (Fsp3) is 0.462. The Kier molecular flexibility index (Phi) is 14.7. The third-order valence-corrected chi connectivity index (χ3v) is 6.21. The summed E-state index contributed by atoms with van der Waals surface area (Å²) in [6.07, 6.45) is 15.8. The van der Waals surface area contributed by atoms with Gasteiger partial charge >= 0.3 is 35.5 Å². The molecule has 1 rings (SSSR count). The molecular formula is C26H38NNaO6S. The van der Waals surface area contributed by atoms with Crippen molar-refractivity contribution in [3.63, 3.8) is 0 Å². The fourth-order valence-corrected chi connectivity index (χ4v) is 4.36. The summed E-state index contributed by atoms with van der Waals surface area (Å²) in [5, 5.41) is 2.25. The van der Waals surface area contributed by atoms with Crippen LogP contribution in [-0.2, 0) is 24.4 Å². The van der Waals surface area contributed by atoms with Gasteiger partial charge in [-0.1, -0.05) is 68.0 Å². The Bertz CT molecular complexity index is 1030. The molecule has 7 nitrogen and oxygen atoms in total. The molecule has 0 aromatic heterocycles. The molecular weight excluding hydrogens is 477 g/mol. The van der Waals surface area contributed by atoms with Crippen molar-refractivity contribution in [3.8, 4) is 0 Å². The fourth-order valence-electron chi connectivity index (χ4n) is 3.72. The molecule has 1 amide bonds. The predicted octanol–water partition coefficient (Wildman–Crippen LogP) is 3.97. The van der Waals surface area contributed by atoms with E-state index in [0.29, 0.717) is 5.57 Å². The van der Waals surface area contributed by atoms with Crippen molar-refractivity contribution in [1.29, 1.82) is 0 Å². The number of amides is 1. The van der Waals surface area contributed by atoms with Crippen LogP contribution in [0.3, 0.4) is 0 Å². The Morgan fingerprint density at radius 2 is 1.89 bits per heavy atom. The van der Waals surface area contributed by atoms with Gasteiger partial charge < -0.3 is 10.1 Å². The van der Waals surface area contributed by atoms with E-state index in [-0.39, 0.29) is 41.6 Å². The minimum absolute atomic E-state index is 0. The molecule has 1 aliphatic carbocycles. The second-order valence-corrected chi connectivity index (χ2v) is 10.6. The molecule has 0 saturated carbocycles. The van der Waals surface area contributed by atoms with Crippen molar-refractivity contribution in [2.45, 2.75) is 59.9 Å². The van der Waals surface area contributed by atoms with E-state index in [2.05, 4.69) is 44.8 Å². The third-order valence-electron chi connectivity index (χ3n) is 5.45. The zero-order chi connectivity index (χ0) is 25.9. The third kappa shape index (κ3) is 13.2. The molecule has 1 aliphatic rings. The van der Waals surface area contributed by atoms with Crippen LogP contribution in [0.2, 0.25) is 0 Å². The number of hydrogen-bond donors (Lipinski definition) is 2. The molecule has 0 radical (unpaired) electrons. The first-order chi connectivity index (χ1) is 15.7. The summed E-state index contributed by atoms with van der Waals surface area (Å²) in [5.41, 5.74) is 4.62. The quantitative estimate of drug-likeness (QED) is 0.108. The molecule has 1 atom stereocenters. The van der Waals surface area contributed by atoms with E-state index in [4.69, 9.17) is 9.29 Å². The molecule has 9 heteroatoms. The second kappa shape index (κ2) is 15.4. The van der Waals surface area contributed by atoms with E-state index in [1.807, 2.05) is 13.0 Å². The number of carbonyl (C=O) groups excluding carboxylic acids is 2. The summed E-state index contributed by atoms with van der Waals surface area (Å²) in [4.78, 5) is 24.2. The molecule has 0 spiro atoms. The first-order valence-corrected chi connectivity index (χ1v) is 12.8. The number of carbonyl (C=O) groups is 2. The van der Waals surface area contributed by atoms with Gasteiger partial charge in [0.1, 0.15) is 18.4 Å². The van der Waals surface area contributed by atoms with Gasteiger partial charge in [-0.05, 0) is 56.6 Å². The van der Waals surface area contributed by atoms with Gasteiger partial charge in [0, 0.05) is 6.08 Å². The molecule has 0 bridgehead atoms. The summed E-state index contributed by atoms with van der Waals surface area (Å²) < 4.78 is 36.2. The van der Waals surface area contributed by atoms with Gasteiger partial charge in [0.05, 0.1) is 0 Å². The van der Waals surface area contributed by atoms with Crippen LogP contribution in [0.1, 0.15) is 53.9 Å². The van der Waals surface area contributed by atoms with Gasteiger partial charge in [-0.25, -0.2) is 4.79 Å². The van der Waals surface area contributed by atoms with E-state index in [0.717, 1.165) is 12.0 Å². The maximum atomic E-state index is 12.2. The Labute approximate surface area is 232 Å². The number of allylic oxidation sites excluding steroid dienone is 9. The Morgan fingerprint density at radius 3 is 2.46 bits per heavy atom. The summed E-state index contributed by atoms with van der Waals surface area (Å²) >= 11 is 0. The predicted molar refractivity (Wildman–Crippen MR) is 143 cm³/mol. The van der Waals surface area contributed by atoms with Gasteiger partial charge in [-0.2, -0.15) is 8.42 Å². The molecule has 0 heterocycles. The van der Waals surface area contributed by atoms with Crippen LogP contribution in [-0.4, -0.2) is 72.8 Å². The maximum absolute atomic E-state index is 12.2. The molecule has 0 aromatic rings. The van der Waals surface area contributed by atoms with Crippen molar-refractivity contribution in [2.24, 2.45) is 5.41 Å². The van der Waals surface area contributed by atoms with Crippen LogP contribution in [0.25, 0.3) is 0 Å². The van der Waals surface area contributed by atoms with Crippen molar-refractivity contribution in [1.82, 2.24) is 5.32 Å². The van der Waals surface area contributed by atoms with Crippen molar-refractivity contribution < 1.29 is 27.3 Å². The van der Waals surface area contributed by atoms with Crippen LogP contribution < -0.4 is 5.32 Å². The molecule has 0 saturated heterocycles. The van der Waals surface area contributed by atoms with Crippen molar-refractivity contribution in [2.75, 3.05) is 12.4 Å². The second-order valence-electron chi connectivity index (χ2n) is 9.15. The summed E-state index contributed by atoms with van der Waals surface area (Å²) in [6, 6.07) is -1.54. The molecule has 35 heavy (non-hydrogen) atoms. The standard InChI is InChI=1S/C26H37NO6S.Na.H/c1-7-16-33-25(29)23(18-34(30,31)32)27-24(28)17-20(3)11-8-10-19(2)13-14-22-21(4)12-9-15-26(22,5)6;;/h7-8,10-11,13-14,17,23H,1,9,12,15-16,18H2,2-6H3,(H,27,28)(H,30,31,32);;/b11-8+,14-13+,19-10-,20-17+;;. The number of rotatable bonds is 11. The van der Waals surface area contributed by atoms with Gasteiger partial charge in [0.15, 0.2) is 0 Å². The van der Waals surface area contributed by atoms with E-state index >= 15 is 0 Å². The normalized spacial score (nSPS) is 17.8. The number of esters is 1. The summed E-state index contributed by atoms with van der Waals surface area (Å²) in [7, 11) is -4.51. The van der Waals surface area contributed by atoms with Crippen LogP contribution in [0.4, 0.5) is 0 Å². The Balaban J connectivity index is 0.0000116. The van der Waals surface area contributed by atoms with Gasteiger partial charge in [-0.3, -0.25) is 9.35 Å². The SMILES string of the molecule is C=CCOC(=O)C(CS(=O)(=O)O)NC(=O)/C=C(C)/C=C/C=C(C)\C=C\C1=C(C)CCCC1(C)C.[NaH]. The molecule has 2 N–H and O–H groups in total. The van der Waals surface area contributed by atoms with Crippen molar-refractivity contribution >= 4 is 51.6 Å². The number of ether oxygens (including phenoxy) is 1. The average molecular weight is 516 g/mol. The molecule has 190 valence electrons. The van der Waals surface area contributed by atoms with Gasteiger partial charge in [0.25, 0.3) is 10.1 Å². The summed E-state index contributed by atoms with van der Waals surface area (Å²) in [5.74, 6) is -2.66. The topological polar surface area (TPSA) is 110 Å². The zero-order valence-corrected chi connectivity index (χ0v) is 21.6. The van der Waals surface area contributed by atoms with E-state index in [1.165, 1.54) is 36.1 Å². The molecule has 0 fully saturated rings. The Hall–Kier alpha value is -1.71. The van der Waals surface area contributed by atoms with Crippen LogP contribution in [0.5, 0.6) is 0 Å². The molecule has 0 aliphatic heterocycles. The van der Waals surface area contributed by atoms with E-state index in [9.17, 15) is 18.0 Å². The monoisotopic (exact) mass is 515 g/mol. The van der Waals surface area contributed by atoms with Crippen LogP contribution in [0, 0.1) is 5.41 Å². The first-order valence-electron chi connectivity index (χ1n) is 11.2.